The zero-order valence-corrected chi connectivity index (χ0v) is 21.8. The van der Waals surface area contributed by atoms with Gasteiger partial charge in [0.15, 0.2) is 9.84 Å². The van der Waals surface area contributed by atoms with Crippen molar-refractivity contribution in [2.24, 2.45) is 0 Å². The van der Waals surface area contributed by atoms with Crippen molar-refractivity contribution < 1.29 is 33.0 Å². The second kappa shape index (κ2) is 11.8. The molecule has 0 amide bonds. The molecular formula is C28H30N2O7S. The number of aromatic carboxylic acids is 1. The maximum Gasteiger partial charge on any atom is 0.335 e. The van der Waals surface area contributed by atoms with Crippen LogP contribution in [0.5, 0.6) is 5.75 Å². The number of nitrogens with zero attached hydrogens (tertiary/aromatic N) is 1. The van der Waals surface area contributed by atoms with Crippen molar-refractivity contribution >= 4 is 21.8 Å². The summed E-state index contributed by atoms with van der Waals surface area (Å²) in [5, 5.41) is 20.8. The molecule has 10 heteroatoms. The van der Waals surface area contributed by atoms with Gasteiger partial charge in [0.25, 0.3) is 0 Å². The van der Waals surface area contributed by atoms with Gasteiger partial charge >= 0.3 is 11.9 Å². The van der Waals surface area contributed by atoms with Crippen molar-refractivity contribution in [2.45, 2.75) is 36.8 Å². The molecule has 0 spiro atoms. The number of rotatable bonds is 10. The molecule has 0 aromatic heterocycles. The molecule has 1 atom stereocenters. The maximum atomic E-state index is 13.6. The van der Waals surface area contributed by atoms with Gasteiger partial charge in [-0.1, -0.05) is 42.0 Å². The maximum absolute atomic E-state index is 13.6. The fourth-order valence-electron chi connectivity index (χ4n) is 4.40. The Balaban J connectivity index is 1.60. The van der Waals surface area contributed by atoms with Crippen LogP contribution in [-0.4, -0.2) is 60.5 Å². The summed E-state index contributed by atoms with van der Waals surface area (Å²) in [6, 6.07) is 18.3. The summed E-state index contributed by atoms with van der Waals surface area (Å²) in [6.07, 6.45) is -0.170. The summed E-state index contributed by atoms with van der Waals surface area (Å²) in [5.41, 5.74) is 3.16. The monoisotopic (exact) mass is 538 g/mol. The average Bonchev–Trinajstić information content (AvgIpc) is 2.88. The number of aliphatic carboxylic acids is 1. The molecule has 1 heterocycles. The normalized spacial score (nSPS) is 16.2. The number of piperazine rings is 1. The van der Waals surface area contributed by atoms with Crippen molar-refractivity contribution in [3.8, 4) is 5.75 Å². The molecule has 0 saturated carbocycles. The molecule has 1 unspecified atom stereocenters. The van der Waals surface area contributed by atoms with E-state index in [1.54, 1.807) is 54.6 Å². The minimum absolute atomic E-state index is 0.165. The van der Waals surface area contributed by atoms with Crippen molar-refractivity contribution in [3.63, 3.8) is 0 Å². The Bertz CT molecular complexity index is 1400. The van der Waals surface area contributed by atoms with Gasteiger partial charge in [0.2, 0.25) is 0 Å². The van der Waals surface area contributed by atoms with Crippen LogP contribution in [-0.2, 0) is 34.2 Å². The first-order valence-electron chi connectivity index (χ1n) is 12.2. The highest BCUT2D eigenvalue weighted by Gasteiger charge is 2.35. The van der Waals surface area contributed by atoms with Gasteiger partial charge in [-0.05, 0) is 48.4 Å². The Labute approximate surface area is 221 Å². The highest BCUT2D eigenvalue weighted by molar-refractivity contribution is 7.92. The highest BCUT2D eigenvalue weighted by atomic mass is 32.2. The molecule has 200 valence electrons. The van der Waals surface area contributed by atoms with Gasteiger partial charge in [0.1, 0.15) is 17.7 Å². The van der Waals surface area contributed by atoms with E-state index in [-0.39, 0.29) is 36.6 Å². The van der Waals surface area contributed by atoms with Gasteiger partial charge in [0.05, 0.1) is 16.9 Å². The molecule has 1 aliphatic heterocycles. The summed E-state index contributed by atoms with van der Waals surface area (Å²) < 4.78 is 33.2. The third kappa shape index (κ3) is 6.58. The average molecular weight is 539 g/mol. The molecule has 0 aliphatic carbocycles. The second-order valence-corrected chi connectivity index (χ2v) is 11.4. The fourth-order valence-corrected chi connectivity index (χ4v) is 6.14. The second-order valence-electron chi connectivity index (χ2n) is 9.29. The Morgan fingerprint density at radius 2 is 1.68 bits per heavy atom. The van der Waals surface area contributed by atoms with Crippen LogP contribution in [0, 0.1) is 6.92 Å². The lowest BCUT2D eigenvalue weighted by Gasteiger charge is -2.36. The number of carboxylic acid groups (broad SMARTS) is 2. The molecule has 1 fully saturated rings. The number of carboxylic acids is 2. The van der Waals surface area contributed by atoms with E-state index < -0.39 is 27.1 Å². The van der Waals surface area contributed by atoms with Crippen LogP contribution in [0.15, 0.2) is 71.6 Å². The Morgan fingerprint density at radius 3 is 2.34 bits per heavy atom. The number of sulfone groups is 1. The molecule has 1 aliphatic rings. The minimum atomic E-state index is -3.68. The largest absolute Gasteiger partial charge is 0.489 e. The third-order valence-corrected chi connectivity index (χ3v) is 8.57. The minimum Gasteiger partial charge on any atom is -0.489 e. The van der Waals surface area contributed by atoms with Gasteiger partial charge < -0.3 is 20.3 Å². The van der Waals surface area contributed by atoms with Gasteiger partial charge in [-0.15, -0.1) is 0 Å². The molecule has 0 radical (unpaired) electrons. The van der Waals surface area contributed by atoms with Crippen LogP contribution in [0.1, 0.15) is 32.6 Å². The van der Waals surface area contributed by atoms with Crippen LogP contribution in [0.25, 0.3) is 0 Å². The Morgan fingerprint density at radius 1 is 1.00 bits per heavy atom. The van der Waals surface area contributed by atoms with E-state index in [4.69, 9.17) is 9.84 Å². The third-order valence-electron chi connectivity index (χ3n) is 6.46. The smallest absolute Gasteiger partial charge is 0.335 e. The van der Waals surface area contributed by atoms with E-state index in [9.17, 15) is 23.1 Å². The molecule has 3 N–H and O–H groups in total. The zero-order chi connectivity index (χ0) is 27.3. The van der Waals surface area contributed by atoms with Crippen molar-refractivity contribution in [2.75, 3.05) is 19.6 Å². The predicted octanol–water partition coefficient (Wildman–Crippen LogP) is 3.10. The lowest BCUT2D eigenvalue weighted by atomic mass is 10.1. The molecule has 4 rings (SSSR count). The van der Waals surface area contributed by atoms with Gasteiger partial charge in [-0.25, -0.2) is 13.2 Å². The number of nitrogens with one attached hydrogen (secondary N) is 1. The van der Waals surface area contributed by atoms with E-state index in [1.165, 1.54) is 12.1 Å². The number of hydrogen-bond acceptors (Lipinski definition) is 7. The van der Waals surface area contributed by atoms with Gasteiger partial charge in [-0.3, -0.25) is 9.69 Å². The van der Waals surface area contributed by atoms with Gasteiger partial charge in [-0.2, -0.15) is 0 Å². The number of aryl methyl sites for hydroxylation is 1. The molecule has 3 aromatic carbocycles. The van der Waals surface area contributed by atoms with Crippen molar-refractivity contribution in [1.82, 2.24) is 10.2 Å². The van der Waals surface area contributed by atoms with Crippen LogP contribution in [0.4, 0.5) is 0 Å². The highest BCUT2D eigenvalue weighted by Crippen LogP contribution is 2.28. The zero-order valence-electron chi connectivity index (χ0n) is 21.0. The first-order chi connectivity index (χ1) is 18.1. The molecule has 1 saturated heterocycles. The van der Waals surface area contributed by atoms with Gasteiger partial charge in [0, 0.05) is 31.7 Å². The topological polar surface area (TPSA) is 133 Å². The standard InChI is InChI=1S/C28H30N2O7S/c1-19-2-9-24(10-3-19)38(35,36)26-16-29-12-13-30(26)17-23-14-21(15-27(31)32)6-11-25(23)37-18-20-4-7-22(8-5-20)28(33)34/h2-11,14,26,29H,12-13,15-18H2,1H3,(H,31,32)(H,33,34). The predicted molar refractivity (Wildman–Crippen MR) is 141 cm³/mol. The van der Waals surface area contributed by atoms with Crippen molar-refractivity contribution in [3.05, 3.63) is 94.5 Å². The van der Waals surface area contributed by atoms with E-state index in [0.29, 0.717) is 30.0 Å². The first kappa shape index (κ1) is 27.3. The summed E-state index contributed by atoms with van der Waals surface area (Å²) in [7, 11) is -3.68. The van der Waals surface area contributed by atoms with E-state index in [0.717, 1.165) is 11.1 Å². The van der Waals surface area contributed by atoms with E-state index >= 15 is 0 Å². The van der Waals surface area contributed by atoms with Crippen LogP contribution in [0.2, 0.25) is 0 Å². The molecule has 38 heavy (non-hydrogen) atoms. The summed E-state index contributed by atoms with van der Waals surface area (Å²) in [6.45, 7) is 3.67. The molecular weight excluding hydrogens is 508 g/mol. The Kier molecular flexibility index (Phi) is 8.45. The Hall–Kier alpha value is -3.73. The van der Waals surface area contributed by atoms with Crippen LogP contribution >= 0.6 is 0 Å². The molecule has 0 bridgehead atoms. The van der Waals surface area contributed by atoms with Crippen LogP contribution in [0.3, 0.4) is 0 Å². The fraction of sp³-hybridized carbons (Fsp3) is 0.286. The summed E-state index contributed by atoms with van der Waals surface area (Å²) in [4.78, 5) is 24.6. The number of ether oxygens (including phenoxy) is 1. The van der Waals surface area contributed by atoms with E-state index in [2.05, 4.69) is 5.32 Å². The first-order valence-corrected chi connectivity index (χ1v) is 13.7. The lowest BCUT2D eigenvalue weighted by Crippen LogP contribution is -2.54. The SMILES string of the molecule is Cc1ccc(S(=O)(=O)C2CNCCN2Cc2cc(CC(=O)O)ccc2OCc2ccc(C(=O)O)cc2)cc1. The number of carbonyl (C=O) groups is 2. The molecule has 3 aromatic rings. The number of hydrogen-bond donors (Lipinski definition) is 3. The van der Waals surface area contributed by atoms with Crippen LogP contribution < -0.4 is 10.1 Å². The molecule has 9 nitrogen and oxygen atoms in total. The summed E-state index contributed by atoms with van der Waals surface area (Å²) in [5.74, 6) is -1.48. The van der Waals surface area contributed by atoms with Crippen molar-refractivity contribution in [1.29, 1.82) is 0 Å². The number of benzene rings is 3. The van der Waals surface area contributed by atoms with E-state index in [1.807, 2.05) is 11.8 Å². The lowest BCUT2D eigenvalue weighted by molar-refractivity contribution is -0.136. The quantitative estimate of drug-likeness (QED) is 0.356. The summed E-state index contributed by atoms with van der Waals surface area (Å²) >= 11 is 0.